The molecule has 0 fully saturated rings. The molecular weight excluding hydrogens is 404 g/mol. The van der Waals surface area contributed by atoms with Gasteiger partial charge in [-0.15, -0.1) is 23.1 Å². The van der Waals surface area contributed by atoms with E-state index in [-0.39, 0.29) is 35.0 Å². The standard InChI is InChI=1S/C19H15F2N3O2S2/c20-13-4-6-15(7-5-13)22-17(25)10-27-11-18(26)24-19-23-16(9-28-19)12-2-1-3-14(21)8-12/h1-9H,10-11H2,(H,22,25)(H,23,24,26). The van der Waals surface area contributed by atoms with Crippen molar-refractivity contribution in [3.8, 4) is 11.3 Å². The molecule has 0 saturated carbocycles. The Balaban J connectivity index is 1.43. The van der Waals surface area contributed by atoms with E-state index in [9.17, 15) is 18.4 Å². The first kappa shape index (κ1) is 20.0. The Morgan fingerprint density at radius 3 is 2.39 bits per heavy atom. The van der Waals surface area contributed by atoms with Crippen LogP contribution >= 0.6 is 23.1 Å². The van der Waals surface area contributed by atoms with E-state index in [1.54, 1.807) is 17.5 Å². The van der Waals surface area contributed by atoms with Crippen molar-refractivity contribution < 1.29 is 18.4 Å². The van der Waals surface area contributed by atoms with Crippen LogP contribution < -0.4 is 10.6 Å². The third-order valence-electron chi connectivity index (χ3n) is 3.47. The van der Waals surface area contributed by atoms with E-state index < -0.39 is 0 Å². The molecule has 0 aliphatic rings. The van der Waals surface area contributed by atoms with Crippen molar-refractivity contribution in [2.24, 2.45) is 0 Å². The van der Waals surface area contributed by atoms with Gasteiger partial charge < -0.3 is 10.6 Å². The van der Waals surface area contributed by atoms with Crippen LogP contribution in [-0.4, -0.2) is 28.3 Å². The van der Waals surface area contributed by atoms with Gasteiger partial charge in [-0.3, -0.25) is 9.59 Å². The van der Waals surface area contributed by atoms with Gasteiger partial charge in [-0.05, 0) is 36.4 Å². The summed E-state index contributed by atoms with van der Waals surface area (Å²) < 4.78 is 26.1. The van der Waals surface area contributed by atoms with Crippen LogP contribution in [0.25, 0.3) is 11.3 Å². The minimum atomic E-state index is -0.383. The largest absolute Gasteiger partial charge is 0.325 e. The van der Waals surface area contributed by atoms with E-state index in [1.165, 1.54) is 47.7 Å². The number of hydrogen-bond acceptors (Lipinski definition) is 5. The van der Waals surface area contributed by atoms with Gasteiger partial charge in [0.15, 0.2) is 5.13 Å². The van der Waals surface area contributed by atoms with Crippen molar-refractivity contribution in [3.63, 3.8) is 0 Å². The average Bonchev–Trinajstić information content (AvgIpc) is 3.12. The molecular formula is C19H15F2N3O2S2. The quantitative estimate of drug-likeness (QED) is 0.596. The molecule has 1 aromatic heterocycles. The second kappa shape index (κ2) is 9.43. The topological polar surface area (TPSA) is 71.1 Å². The maximum atomic E-state index is 13.3. The van der Waals surface area contributed by atoms with Crippen molar-refractivity contribution in [2.45, 2.75) is 0 Å². The fourth-order valence-corrected chi connectivity index (χ4v) is 3.59. The third-order valence-corrected chi connectivity index (χ3v) is 5.16. The summed E-state index contributed by atoms with van der Waals surface area (Å²) in [5, 5.41) is 7.41. The minimum Gasteiger partial charge on any atom is -0.325 e. The lowest BCUT2D eigenvalue weighted by molar-refractivity contribution is -0.114. The van der Waals surface area contributed by atoms with E-state index in [0.29, 0.717) is 22.1 Å². The number of thioether (sulfide) groups is 1. The summed E-state index contributed by atoms with van der Waals surface area (Å²) in [7, 11) is 0. The molecule has 2 N–H and O–H groups in total. The van der Waals surface area contributed by atoms with Gasteiger partial charge in [0.2, 0.25) is 11.8 Å². The molecule has 0 aliphatic carbocycles. The van der Waals surface area contributed by atoms with Crippen LogP contribution in [-0.2, 0) is 9.59 Å². The van der Waals surface area contributed by atoms with Crippen molar-refractivity contribution in [2.75, 3.05) is 22.1 Å². The monoisotopic (exact) mass is 419 g/mol. The highest BCUT2D eigenvalue weighted by Crippen LogP contribution is 2.25. The molecule has 2 aromatic carbocycles. The Hall–Kier alpha value is -2.78. The summed E-state index contributed by atoms with van der Waals surface area (Å²) in [5.74, 6) is -1.16. The predicted molar refractivity (Wildman–Crippen MR) is 108 cm³/mol. The van der Waals surface area contributed by atoms with Gasteiger partial charge >= 0.3 is 0 Å². The van der Waals surface area contributed by atoms with Crippen LogP contribution in [0.3, 0.4) is 0 Å². The molecule has 3 rings (SSSR count). The van der Waals surface area contributed by atoms with Gasteiger partial charge in [0.25, 0.3) is 0 Å². The molecule has 0 aliphatic heterocycles. The Morgan fingerprint density at radius 1 is 0.964 bits per heavy atom. The maximum absolute atomic E-state index is 13.3. The number of thiazole rings is 1. The number of amides is 2. The number of nitrogens with one attached hydrogen (secondary N) is 2. The first-order valence-electron chi connectivity index (χ1n) is 8.14. The van der Waals surface area contributed by atoms with Crippen molar-refractivity contribution >= 4 is 45.7 Å². The Morgan fingerprint density at radius 2 is 1.68 bits per heavy atom. The van der Waals surface area contributed by atoms with E-state index in [0.717, 1.165) is 11.8 Å². The molecule has 0 unspecified atom stereocenters. The fourth-order valence-electron chi connectivity index (χ4n) is 2.23. The number of nitrogens with zero attached hydrogens (tertiary/aromatic N) is 1. The lowest BCUT2D eigenvalue weighted by atomic mass is 10.2. The van der Waals surface area contributed by atoms with Gasteiger partial charge in [-0.1, -0.05) is 12.1 Å². The number of carbonyl (C=O) groups is 2. The normalized spacial score (nSPS) is 10.5. The minimum absolute atomic E-state index is 0.0751. The summed E-state index contributed by atoms with van der Waals surface area (Å²) in [6.07, 6.45) is 0. The Kier molecular flexibility index (Phi) is 6.72. The molecule has 5 nitrogen and oxygen atoms in total. The second-order valence-corrected chi connectivity index (χ2v) is 7.49. The summed E-state index contributed by atoms with van der Waals surface area (Å²) >= 11 is 2.38. The zero-order valence-corrected chi connectivity index (χ0v) is 16.1. The van der Waals surface area contributed by atoms with E-state index in [1.807, 2.05) is 0 Å². The van der Waals surface area contributed by atoms with Gasteiger partial charge in [0.05, 0.1) is 17.2 Å². The van der Waals surface area contributed by atoms with Crippen LogP contribution in [0.15, 0.2) is 53.9 Å². The van der Waals surface area contributed by atoms with E-state index >= 15 is 0 Å². The highest BCUT2D eigenvalue weighted by Gasteiger charge is 2.10. The molecule has 2 amide bonds. The summed E-state index contributed by atoms with van der Waals surface area (Å²) in [5.41, 5.74) is 1.69. The molecule has 1 heterocycles. The molecule has 0 bridgehead atoms. The number of benzene rings is 2. The number of anilines is 2. The number of hydrogen-bond donors (Lipinski definition) is 2. The molecule has 0 atom stereocenters. The van der Waals surface area contributed by atoms with E-state index in [4.69, 9.17) is 0 Å². The average molecular weight is 419 g/mol. The molecule has 0 radical (unpaired) electrons. The Bertz CT molecular complexity index is 977. The van der Waals surface area contributed by atoms with Gasteiger partial charge in [0, 0.05) is 16.6 Å². The lowest BCUT2D eigenvalue weighted by Crippen LogP contribution is -2.18. The van der Waals surface area contributed by atoms with E-state index in [2.05, 4.69) is 15.6 Å². The molecule has 9 heteroatoms. The molecule has 3 aromatic rings. The number of halogens is 2. The van der Waals surface area contributed by atoms with Crippen LogP contribution in [0.5, 0.6) is 0 Å². The highest BCUT2D eigenvalue weighted by atomic mass is 32.2. The van der Waals surface area contributed by atoms with Gasteiger partial charge in [-0.25, -0.2) is 13.8 Å². The van der Waals surface area contributed by atoms with Crippen LogP contribution in [0.2, 0.25) is 0 Å². The SMILES string of the molecule is O=C(CSCC(=O)Nc1nc(-c2cccc(F)c2)cs1)Nc1ccc(F)cc1. The van der Waals surface area contributed by atoms with Crippen LogP contribution in [0.1, 0.15) is 0 Å². The zero-order chi connectivity index (χ0) is 19.9. The van der Waals surface area contributed by atoms with Crippen LogP contribution in [0, 0.1) is 11.6 Å². The fraction of sp³-hybridized carbons (Fsp3) is 0.105. The predicted octanol–water partition coefficient (Wildman–Crippen LogP) is 4.40. The maximum Gasteiger partial charge on any atom is 0.236 e. The van der Waals surface area contributed by atoms with Gasteiger partial charge in [-0.2, -0.15) is 0 Å². The van der Waals surface area contributed by atoms with Gasteiger partial charge in [0.1, 0.15) is 11.6 Å². The molecule has 0 saturated heterocycles. The van der Waals surface area contributed by atoms with Crippen molar-refractivity contribution in [1.82, 2.24) is 4.98 Å². The molecule has 144 valence electrons. The number of aromatic nitrogens is 1. The number of rotatable bonds is 7. The highest BCUT2D eigenvalue weighted by molar-refractivity contribution is 8.00. The first-order chi connectivity index (χ1) is 13.5. The Labute approximate surface area is 168 Å². The molecule has 28 heavy (non-hydrogen) atoms. The number of carbonyl (C=O) groups excluding carboxylic acids is 2. The third kappa shape index (κ3) is 5.86. The lowest BCUT2D eigenvalue weighted by Gasteiger charge is -2.05. The summed E-state index contributed by atoms with van der Waals surface area (Å²) in [6.45, 7) is 0. The summed E-state index contributed by atoms with van der Waals surface area (Å²) in [6, 6.07) is 11.5. The zero-order valence-electron chi connectivity index (χ0n) is 14.4. The molecule has 0 spiro atoms. The van der Waals surface area contributed by atoms with Crippen molar-refractivity contribution in [1.29, 1.82) is 0 Å². The summed E-state index contributed by atoms with van der Waals surface area (Å²) in [4.78, 5) is 28.1. The smallest absolute Gasteiger partial charge is 0.236 e. The van der Waals surface area contributed by atoms with Crippen molar-refractivity contribution in [3.05, 3.63) is 65.5 Å². The first-order valence-corrected chi connectivity index (χ1v) is 10.2. The van der Waals surface area contributed by atoms with Crippen LogP contribution in [0.4, 0.5) is 19.6 Å². The second-order valence-electron chi connectivity index (χ2n) is 5.64.